The lowest BCUT2D eigenvalue weighted by molar-refractivity contribution is -0.124. The largest absolute Gasteiger partial charge is 0.459 e. The molecule has 0 spiro atoms. The maximum absolute atomic E-state index is 12.6. The lowest BCUT2D eigenvalue weighted by Gasteiger charge is -2.32. The highest BCUT2D eigenvalue weighted by molar-refractivity contribution is 5.83. The molecule has 0 radical (unpaired) electrons. The number of benzene rings is 1. The van der Waals surface area contributed by atoms with Crippen molar-refractivity contribution >= 4 is 16.9 Å². The number of piperazine rings is 1. The Morgan fingerprint density at radius 1 is 1.36 bits per heavy atom. The molecular formula is C22H26N4O2. The second kappa shape index (κ2) is 8.12. The van der Waals surface area contributed by atoms with Crippen LogP contribution in [-0.4, -0.2) is 41.5 Å². The van der Waals surface area contributed by atoms with Crippen LogP contribution in [0.5, 0.6) is 0 Å². The number of nitrogens with zero attached hydrogens (tertiary/aromatic N) is 2. The van der Waals surface area contributed by atoms with Crippen LogP contribution in [-0.2, 0) is 17.9 Å². The molecule has 4 rings (SSSR count). The Morgan fingerprint density at radius 3 is 3.07 bits per heavy atom. The predicted molar refractivity (Wildman–Crippen MR) is 109 cm³/mol. The fourth-order valence-corrected chi connectivity index (χ4v) is 3.68. The quantitative estimate of drug-likeness (QED) is 0.714. The van der Waals surface area contributed by atoms with Gasteiger partial charge in [0.1, 0.15) is 11.3 Å². The maximum Gasteiger partial charge on any atom is 0.238 e. The molecule has 146 valence electrons. The number of hydrogen-bond donors (Lipinski definition) is 2. The number of aryl methyl sites for hydroxylation is 2. The number of carbonyl (C=O) groups is 1. The van der Waals surface area contributed by atoms with E-state index in [4.69, 9.17) is 4.42 Å². The average Bonchev–Trinajstić information content (AvgIpc) is 3.02. The first-order valence-corrected chi connectivity index (χ1v) is 9.71. The van der Waals surface area contributed by atoms with Crippen LogP contribution in [0.2, 0.25) is 0 Å². The molecule has 1 amide bonds. The Balaban J connectivity index is 1.38. The van der Waals surface area contributed by atoms with Crippen molar-refractivity contribution in [3.05, 3.63) is 65.2 Å². The van der Waals surface area contributed by atoms with Crippen molar-refractivity contribution in [3.63, 3.8) is 0 Å². The third-order valence-corrected chi connectivity index (χ3v) is 5.32. The number of carbonyl (C=O) groups excluding carboxylic acids is 1. The standard InChI is InChI=1S/C22H26N4O2/c1-15-5-6-20-18(10-15)16(2)21(28-20)14-26-9-8-24-19(13-26)22(27)25-12-17-4-3-7-23-11-17/h3-7,10-11,19,24H,8-9,12-14H2,1-2H3,(H,25,27)/t19-/m1/s1. The molecule has 1 fully saturated rings. The summed E-state index contributed by atoms with van der Waals surface area (Å²) in [5.74, 6) is 1.00. The highest BCUT2D eigenvalue weighted by atomic mass is 16.3. The molecule has 1 aliphatic heterocycles. The molecule has 2 aromatic heterocycles. The third kappa shape index (κ3) is 4.08. The zero-order valence-corrected chi connectivity index (χ0v) is 16.4. The SMILES string of the molecule is Cc1ccc2oc(CN3CCN[C@@H](C(=O)NCc4cccnc4)C3)c(C)c2c1. The number of rotatable bonds is 5. The van der Waals surface area contributed by atoms with Crippen molar-refractivity contribution in [2.45, 2.75) is 33.0 Å². The van der Waals surface area contributed by atoms with E-state index in [0.29, 0.717) is 19.6 Å². The van der Waals surface area contributed by atoms with Crippen molar-refractivity contribution < 1.29 is 9.21 Å². The Morgan fingerprint density at radius 2 is 2.25 bits per heavy atom. The summed E-state index contributed by atoms with van der Waals surface area (Å²) >= 11 is 0. The first kappa shape index (κ1) is 18.7. The van der Waals surface area contributed by atoms with Crippen molar-refractivity contribution in [2.75, 3.05) is 19.6 Å². The van der Waals surface area contributed by atoms with Gasteiger partial charge in [0.15, 0.2) is 0 Å². The van der Waals surface area contributed by atoms with E-state index in [0.717, 1.165) is 30.0 Å². The molecule has 2 N–H and O–H groups in total. The fourth-order valence-electron chi connectivity index (χ4n) is 3.68. The molecular weight excluding hydrogens is 352 g/mol. The molecule has 0 unspecified atom stereocenters. The van der Waals surface area contributed by atoms with E-state index in [2.05, 4.69) is 46.5 Å². The molecule has 1 atom stereocenters. The van der Waals surface area contributed by atoms with E-state index in [-0.39, 0.29) is 11.9 Å². The second-order valence-electron chi connectivity index (χ2n) is 7.47. The highest BCUT2D eigenvalue weighted by Gasteiger charge is 2.26. The molecule has 3 aromatic rings. The Bertz CT molecular complexity index is 967. The first-order valence-electron chi connectivity index (χ1n) is 9.71. The molecule has 0 saturated carbocycles. The summed E-state index contributed by atoms with van der Waals surface area (Å²) in [7, 11) is 0. The number of nitrogens with one attached hydrogen (secondary N) is 2. The van der Waals surface area contributed by atoms with Crippen LogP contribution in [0.4, 0.5) is 0 Å². The molecule has 1 aliphatic rings. The van der Waals surface area contributed by atoms with E-state index in [1.165, 1.54) is 16.5 Å². The van der Waals surface area contributed by atoms with Crippen LogP contribution in [0, 0.1) is 13.8 Å². The Labute approximate surface area is 164 Å². The van der Waals surface area contributed by atoms with Gasteiger partial charge in [-0.3, -0.25) is 14.7 Å². The van der Waals surface area contributed by atoms with Crippen molar-refractivity contribution in [1.82, 2.24) is 20.5 Å². The van der Waals surface area contributed by atoms with E-state index in [9.17, 15) is 4.79 Å². The Kier molecular flexibility index (Phi) is 5.41. The number of hydrogen-bond acceptors (Lipinski definition) is 5. The topological polar surface area (TPSA) is 70.4 Å². The van der Waals surface area contributed by atoms with Crippen LogP contribution < -0.4 is 10.6 Å². The van der Waals surface area contributed by atoms with Gasteiger partial charge in [-0.05, 0) is 43.2 Å². The lowest BCUT2D eigenvalue weighted by Crippen LogP contribution is -2.56. The van der Waals surface area contributed by atoms with Gasteiger partial charge in [-0.25, -0.2) is 0 Å². The van der Waals surface area contributed by atoms with E-state index >= 15 is 0 Å². The molecule has 6 heteroatoms. The van der Waals surface area contributed by atoms with Crippen molar-refractivity contribution in [3.8, 4) is 0 Å². The summed E-state index contributed by atoms with van der Waals surface area (Å²) in [5, 5.41) is 7.50. The molecule has 0 aliphatic carbocycles. The van der Waals surface area contributed by atoms with Crippen LogP contribution >= 0.6 is 0 Å². The van der Waals surface area contributed by atoms with Crippen LogP contribution in [0.15, 0.2) is 47.1 Å². The van der Waals surface area contributed by atoms with Gasteiger partial charge in [-0.15, -0.1) is 0 Å². The predicted octanol–water partition coefficient (Wildman–Crippen LogP) is 2.53. The minimum Gasteiger partial charge on any atom is -0.459 e. The summed E-state index contributed by atoms with van der Waals surface area (Å²) in [6.07, 6.45) is 3.50. The molecule has 3 heterocycles. The number of furan rings is 1. The van der Waals surface area contributed by atoms with Crippen molar-refractivity contribution in [2.24, 2.45) is 0 Å². The molecule has 6 nitrogen and oxygen atoms in total. The third-order valence-electron chi connectivity index (χ3n) is 5.32. The number of aromatic nitrogens is 1. The lowest BCUT2D eigenvalue weighted by atomic mass is 10.1. The van der Waals surface area contributed by atoms with Crippen LogP contribution in [0.1, 0.15) is 22.5 Å². The van der Waals surface area contributed by atoms with Gasteiger partial charge in [-0.2, -0.15) is 0 Å². The summed E-state index contributed by atoms with van der Waals surface area (Å²) in [4.78, 5) is 18.9. The van der Waals surface area contributed by atoms with Gasteiger partial charge >= 0.3 is 0 Å². The fraction of sp³-hybridized carbons (Fsp3) is 0.364. The molecule has 28 heavy (non-hydrogen) atoms. The van der Waals surface area contributed by atoms with Gasteiger partial charge in [-0.1, -0.05) is 17.7 Å². The normalized spacial score (nSPS) is 17.7. The van der Waals surface area contributed by atoms with Gasteiger partial charge in [0.05, 0.1) is 12.6 Å². The van der Waals surface area contributed by atoms with Gasteiger partial charge in [0.2, 0.25) is 5.91 Å². The van der Waals surface area contributed by atoms with Crippen LogP contribution in [0.25, 0.3) is 11.0 Å². The smallest absolute Gasteiger partial charge is 0.238 e. The van der Waals surface area contributed by atoms with Crippen LogP contribution in [0.3, 0.4) is 0 Å². The summed E-state index contributed by atoms with van der Waals surface area (Å²) < 4.78 is 6.09. The average molecular weight is 378 g/mol. The molecule has 1 aromatic carbocycles. The van der Waals surface area contributed by atoms with E-state index in [1.807, 2.05) is 18.2 Å². The van der Waals surface area contributed by atoms with Gasteiger partial charge in [0, 0.05) is 44.0 Å². The zero-order chi connectivity index (χ0) is 19.5. The monoisotopic (exact) mass is 378 g/mol. The Hall–Kier alpha value is -2.70. The number of fused-ring (bicyclic) bond motifs is 1. The second-order valence-corrected chi connectivity index (χ2v) is 7.47. The van der Waals surface area contributed by atoms with E-state index in [1.54, 1.807) is 12.4 Å². The minimum absolute atomic E-state index is 0.0190. The molecule has 0 bridgehead atoms. The summed E-state index contributed by atoms with van der Waals surface area (Å²) in [6, 6.07) is 9.89. The summed E-state index contributed by atoms with van der Waals surface area (Å²) in [5.41, 5.74) is 4.35. The van der Waals surface area contributed by atoms with Gasteiger partial charge in [0.25, 0.3) is 0 Å². The van der Waals surface area contributed by atoms with Crippen molar-refractivity contribution in [1.29, 1.82) is 0 Å². The first-order chi connectivity index (χ1) is 13.6. The molecule has 1 saturated heterocycles. The maximum atomic E-state index is 12.6. The highest BCUT2D eigenvalue weighted by Crippen LogP contribution is 2.27. The zero-order valence-electron chi connectivity index (χ0n) is 16.4. The number of amides is 1. The van der Waals surface area contributed by atoms with E-state index < -0.39 is 0 Å². The summed E-state index contributed by atoms with van der Waals surface area (Å²) in [6.45, 7) is 7.75. The number of pyridine rings is 1. The minimum atomic E-state index is -0.225. The van der Waals surface area contributed by atoms with Gasteiger partial charge < -0.3 is 15.1 Å².